The molecule has 1 fully saturated rings. The molecule has 146 valence electrons. The lowest BCUT2D eigenvalue weighted by Gasteiger charge is -2.33. The fourth-order valence-electron chi connectivity index (χ4n) is 4.05. The van der Waals surface area contributed by atoms with Crippen molar-refractivity contribution in [2.75, 3.05) is 18.4 Å². The van der Waals surface area contributed by atoms with E-state index >= 15 is 0 Å². The van der Waals surface area contributed by atoms with Crippen molar-refractivity contribution in [1.29, 1.82) is 0 Å². The fourth-order valence-corrected chi connectivity index (χ4v) is 4.05. The summed E-state index contributed by atoms with van der Waals surface area (Å²) in [5.74, 6) is 1.60. The normalized spacial score (nSPS) is 17.4. The Labute approximate surface area is 162 Å². The molecule has 0 saturated carbocycles. The number of rotatable bonds is 4. The lowest BCUT2D eigenvalue weighted by molar-refractivity contribution is 0.176. The monoisotopic (exact) mass is 368 g/mol. The minimum absolute atomic E-state index is 0.00587. The number of aryl methyl sites for hydroxylation is 3. The molecule has 0 radical (unpaired) electrons. The average Bonchev–Trinajstić information content (AvgIpc) is 2.99. The molecule has 2 heterocycles. The molecule has 0 aliphatic carbocycles. The molecule has 1 saturated heterocycles. The minimum atomic E-state index is 0.00587. The molecule has 1 aromatic heterocycles. The van der Waals surface area contributed by atoms with E-state index in [2.05, 4.69) is 55.6 Å². The Kier molecular flexibility index (Phi) is 5.88. The van der Waals surface area contributed by atoms with Gasteiger partial charge in [0, 0.05) is 43.1 Å². The summed E-state index contributed by atoms with van der Waals surface area (Å²) in [6.07, 6.45) is 5.09. The number of imidazole rings is 1. The molecule has 1 aliphatic rings. The largest absolute Gasteiger partial charge is 0.330 e. The third-order valence-electron chi connectivity index (χ3n) is 5.61. The number of likely N-dealkylation sites (tertiary alicyclic amines) is 1. The van der Waals surface area contributed by atoms with Crippen molar-refractivity contribution in [3.8, 4) is 0 Å². The predicted molar refractivity (Wildman–Crippen MR) is 110 cm³/mol. The van der Waals surface area contributed by atoms with E-state index in [4.69, 9.17) is 0 Å². The van der Waals surface area contributed by atoms with E-state index < -0.39 is 0 Å². The SMILES string of the molecule is Cc1ccc(NC(=O)N2CCCC(Cc3ncc(C)n3C(C)C)C2)cc1C. The highest BCUT2D eigenvalue weighted by atomic mass is 16.2. The second-order valence-electron chi connectivity index (χ2n) is 8.17. The van der Waals surface area contributed by atoms with E-state index in [1.165, 1.54) is 16.8 Å². The van der Waals surface area contributed by atoms with Gasteiger partial charge in [0.05, 0.1) is 0 Å². The van der Waals surface area contributed by atoms with E-state index in [9.17, 15) is 4.79 Å². The number of urea groups is 1. The molecule has 5 heteroatoms. The lowest BCUT2D eigenvalue weighted by Crippen LogP contribution is -2.43. The van der Waals surface area contributed by atoms with Crippen LogP contribution in [0.1, 0.15) is 55.4 Å². The Bertz CT molecular complexity index is 809. The molecule has 0 spiro atoms. The maximum Gasteiger partial charge on any atom is 0.321 e. The Morgan fingerprint density at radius 1 is 1.26 bits per heavy atom. The Morgan fingerprint density at radius 3 is 2.74 bits per heavy atom. The van der Waals surface area contributed by atoms with E-state index in [0.29, 0.717) is 12.0 Å². The minimum Gasteiger partial charge on any atom is -0.330 e. The summed E-state index contributed by atoms with van der Waals surface area (Å²) in [4.78, 5) is 19.3. The van der Waals surface area contributed by atoms with Gasteiger partial charge in [-0.05, 0) is 76.6 Å². The number of hydrogen-bond donors (Lipinski definition) is 1. The highest BCUT2D eigenvalue weighted by Gasteiger charge is 2.25. The summed E-state index contributed by atoms with van der Waals surface area (Å²) in [7, 11) is 0. The number of nitrogens with zero attached hydrogens (tertiary/aromatic N) is 3. The second-order valence-corrected chi connectivity index (χ2v) is 8.17. The Morgan fingerprint density at radius 2 is 2.04 bits per heavy atom. The molecule has 0 bridgehead atoms. The summed E-state index contributed by atoms with van der Waals surface area (Å²) in [6, 6.07) is 6.49. The zero-order valence-electron chi connectivity index (χ0n) is 17.2. The van der Waals surface area contributed by atoms with Crippen LogP contribution in [-0.2, 0) is 6.42 Å². The molecule has 1 aliphatic heterocycles. The van der Waals surface area contributed by atoms with Crippen molar-refractivity contribution in [2.24, 2.45) is 5.92 Å². The van der Waals surface area contributed by atoms with Gasteiger partial charge in [0.25, 0.3) is 0 Å². The zero-order chi connectivity index (χ0) is 19.6. The van der Waals surface area contributed by atoms with Gasteiger partial charge in [-0.15, -0.1) is 0 Å². The third-order valence-corrected chi connectivity index (χ3v) is 5.61. The zero-order valence-corrected chi connectivity index (χ0v) is 17.2. The first-order chi connectivity index (χ1) is 12.8. The molecule has 2 aromatic rings. The smallest absolute Gasteiger partial charge is 0.321 e. The second kappa shape index (κ2) is 8.15. The number of carbonyl (C=O) groups excluding carboxylic acids is 1. The lowest BCUT2D eigenvalue weighted by atomic mass is 9.94. The summed E-state index contributed by atoms with van der Waals surface area (Å²) in [5, 5.41) is 3.06. The average molecular weight is 369 g/mol. The number of piperidine rings is 1. The number of anilines is 1. The van der Waals surface area contributed by atoms with E-state index in [1.807, 2.05) is 23.2 Å². The Balaban J connectivity index is 1.63. The maximum absolute atomic E-state index is 12.7. The van der Waals surface area contributed by atoms with Crippen molar-refractivity contribution < 1.29 is 4.79 Å². The van der Waals surface area contributed by atoms with Crippen LogP contribution in [0.4, 0.5) is 10.5 Å². The number of hydrogen-bond acceptors (Lipinski definition) is 2. The highest BCUT2D eigenvalue weighted by Crippen LogP contribution is 2.24. The van der Waals surface area contributed by atoms with Gasteiger partial charge in [-0.3, -0.25) is 0 Å². The summed E-state index contributed by atoms with van der Waals surface area (Å²) in [5.41, 5.74) is 4.51. The van der Waals surface area contributed by atoms with Gasteiger partial charge in [-0.2, -0.15) is 0 Å². The molecule has 1 atom stereocenters. The number of benzene rings is 1. The first-order valence-corrected chi connectivity index (χ1v) is 10.0. The summed E-state index contributed by atoms with van der Waals surface area (Å²) < 4.78 is 2.31. The van der Waals surface area contributed by atoms with Crippen LogP contribution < -0.4 is 5.32 Å². The molecule has 2 amide bonds. The number of carbonyl (C=O) groups is 1. The van der Waals surface area contributed by atoms with Crippen LogP contribution in [-0.4, -0.2) is 33.6 Å². The van der Waals surface area contributed by atoms with Crippen LogP contribution in [0.15, 0.2) is 24.4 Å². The third kappa shape index (κ3) is 4.52. The van der Waals surface area contributed by atoms with Gasteiger partial charge in [-0.25, -0.2) is 9.78 Å². The molecule has 3 rings (SSSR count). The topological polar surface area (TPSA) is 50.2 Å². The van der Waals surface area contributed by atoms with Crippen LogP contribution >= 0.6 is 0 Å². The van der Waals surface area contributed by atoms with Crippen molar-refractivity contribution >= 4 is 11.7 Å². The fraction of sp³-hybridized carbons (Fsp3) is 0.545. The first kappa shape index (κ1) is 19.5. The maximum atomic E-state index is 12.7. The number of aromatic nitrogens is 2. The van der Waals surface area contributed by atoms with Gasteiger partial charge >= 0.3 is 6.03 Å². The van der Waals surface area contributed by atoms with Gasteiger partial charge in [-0.1, -0.05) is 6.07 Å². The molecule has 1 N–H and O–H groups in total. The molecule has 5 nitrogen and oxygen atoms in total. The standard InChI is InChI=1S/C22H32N4O/c1-15(2)26-18(5)13-23-21(26)12-19-7-6-10-25(14-19)22(27)24-20-9-8-16(3)17(4)11-20/h8-9,11,13,15,19H,6-7,10,12,14H2,1-5H3,(H,24,27). The molecular weight excluding hydrogens is 336 g/mol. The molecular formula is C22H32N4O. The predicted octanol–water partition coefficient (Wildman–Crippen LogP) is 4.88. The van der Waals surface area contributed by atoms with Crippen LogP contribution in [0.2, 0.25) is 0 Å². The molecule has 1 aromatic carbocycles. The highest BCUT2D eigenvalue weighted by molar-refractivity contribution is 5.89. The van der Waals surface area contributed by atoms with Gasteiger partial charge in [0.1, 0.15) is 5.82 Å². The van der Waals surface area contributed by atoms with E-state index in [-0.39, 0.29) is 6.03 Å². The van der Waals surface area contributed by atoms with Crippen LogP contribution in [0, 0.1) is 26.7 Å². The van der Waals surface area contributed by atoms with Crippen molar-refractivity contribution in [1.82, 2.24) is 14.5 Å². The quantitative estimate of drug-likeness (QED) is 0.836. The van der Waals surface area contributed by atoms with Crippen LogP contribution in [0.25, 0.3) is 0 Å². The van der Waals surface area contributed by atoms with Gasteiger partial charge in [0.2, 0.25) is 0 Å². The first-order valence-electron chi connectivity index (χ1n) is 10.0. The molecule has 27 heavy (non-hydrogen) atoms. The summed E-state index contributed by atoms with van der Waals surface area (Å²) >= 11 is 0. The van der Waals surface area contributed by atoms with Crippen molar-refractivity contribution in [3.05, 3.63) is 47.0 Å². The molecule has 1 unspecified atom stereocenters. The Hall–Kier alpha value is -2.30. The van der Waals surface area contributed by atoms with E-state index in [1.54, 1.807) is 0 Å². The van der Waals surface area contributed by atoms with Gasteiger partial charge < -0.3 is 14.8 Å². The number of nitrogens with one attached hydrogen (secondary N) is 1. The van der Waals surface area contributed by atoms with Gasteiger partial charge in [0.15, 0.2) is 0 Å². The van der Waals surface area contributed by atoms with Crippen molar-refractivity contribution in [2.45, 2.75) is 59.9 Å². The summed E-state index contributed by atoms with van der Waals surface area (Å²) in [6.45, 7) is 12.3. The van der Waals surface area contributed by atoms with Crippen LogP contribution in [0.5, 0.6) is 0 Å². The van der Waals surface area contributed by atoms with Crippen LogP contribution in [0.3, 0.4) is 0 Å². The number of amides is 2. The van der Waals surface area contributed by atoms with E-state index in [0.717, 1.165) is 43.9 Å². The van der Waals surface area contributed by atoms with Crippen molar-refractivity contribution in [3.63, 3.8) is 0 Å².